The lowest BCUT2D eigenvalue weighted by atomic mass is 10.0. The molecule has 0 aliphatic carbocycles. The summed E-state index contributed by atoms with van der Waals surface area (Å²) in [6.07, 6.45) is 0.678. The van der Waals surface area contributed by atoms with Crippen LogP contribution in [0.1, 0.15) is 17.5 Å². The molecule has 1 N–H and O–H groups in total. The van der Waals surface area contributed by atoms with E-state index >= 15 is 0 Å². The van der Waals surface area contributed by atoms with E-state index < -0.39 is 12.0 Å². The molecule has 2 rings (SSSR count). The SMILES string of the molecule is Cc1ccc(C[C@@H](C(=O)O)N2CC(CCl)CC2=O)cc1. The standard InChI is InChI=1S/C15H18ClNO3/c1-10-2-4-11(5-3-10)6-13(15(19)20)17-9-12(8-16)7-14(17)18/h2-5,12-13H,6-9H2,1H3,(H,19,20)/t12?,13-/m0/s1. The predicted octanol–water partition coefficient (Wildman–Crippen LogP) is 2.08. The lowest BCUT2D eigenvalue weighted by Crippen LogP contribution is -2.43. The number of benzene rings is 1. The molecule has 1 aromatic carbocycles. The number of amides is 1. The Hall–Kier alpha value is -1.55. The molecule has 2 atom stereocenters. The Kier molecular flexibility index (Phi) is 4.65. The molecule has 0 bridgehead atoms. The van der Waals surface area contributed by atoms with Crippen molar-refractivity contribution in [1.29, 1.82) is 0 Å². The van der Waals surface area contributed by atoms with Gasteiger partial charge in [0.25, 0.3) is 0 Å². The average molecular weight is 296 g/mol. The van der Waals surface area contributed by atoms with Crippen molar-refractivity contribution >= 4 is 23.5 Å². The van der Waals surface area contributed by atoms with Gasteiger partial charge in [0, 0.05) is 25.3 Å². The van der Waals surface area contributed by atoms with Crippen molar-refractivity contribution in [2.45, 2.75) is 25.8 Å². The van der Waals surface area contributed by atoms with Gasteiger partial charge in [-0.15, -0.1) is 11.6 Å². The van der Waals surface area contributed by atoms with Gasteiger partial charge in [-0.3, -0.25) is 4.79 Å². The number of carboxylic acid groups (broad SMARTS) is 1. The summed E-state index contributed by atoms with van der Waals surface area (Å²) in [4.78, 5) is 24.9. The first-order chi connectivity index (χ1) is 9.51. The predicted molar refractivity (Wildman–Crippen MR) is 76.8 cm³/mol. The fourth-order valence-electron chi connectivity index (χ4n) is 2.49. The first kappa shape index (κ1) is 14.9. The molecule has 1 aromatic rings. The Morgan fingerprint density at radius 1 is 1.45 bits per heavy atom. The number of rotatable bonds is 5. The zero-order valence-electron chi connectivity index (χ0n) is 11.4. The van der Waals surface area contributed by atoms with Gasteiger partial charge in [-0.05, 0) is 18.4 Å². The fraction of sp³-hybridized carbons (Fsp3) is 0.467. The molecule has 1 aliphatic rings. The highest BCUT2D eigenvalue weighted by Gasteiger charge is 2.37. The van der Waals surface area contributed by atoms with E-state index in [4.69, 9.17) is 11.6 Å². The first-order valence-corrected chi connectivity index (χ1v) is 7.18. The third-order valence-corrected chi connectivity index (χ3v) is 4.10. The number of alkyl halides is 1. The third-order valence-electron chi connectivity index (χ3n) is 3.67. The Bertz CT molecular complexity index is 500. The maximum atomic E-state index is 11.9. The molecule has 108 valence electrons. The van der Waals surface area contributed by atoms with Crippen molar-refractivity contribution in [3.05, 3.63) is 35.4 Å². The second kappa shape index (κ2) is 6.27. The molecular weight excluding hydrogens is 278 g/mol. The molecule has 0 radical (unpaired) electrons. The van der Waals surface area contributed by atoms with Gasteiger partial charge in [0.05, 0.1) is 0 Å². The molecule has 1 heterocycles. The molecule has 0 aromatic heterocycles. The van der Waals surface area contributed by atoms with Crippen molar-refractivity contribution in [3.8, 4) is 0 Å². The van der Waals surface area contributed by atoms with Gasteiger partial charge in [0.1, 0.15) is 6.04 Å². The van der Waals surface area contributed by atoms with Gasteiger partial charge < -0.3 is 10.0 Å². The van der Waals surface area contributed by atoms with Crippen LogP contribution >= 0.6 is 11.6 Å². The summed E-state index contributed by atoms with van der Waals surface area (Å²) in [5.74, 6) is -0.632. The van der Waals surface area contributed by atoms with E-state index in [0.29, 0.717) is 25.3 Å². The van der Waals surface area contributed by atoms with Crippen LogP contribution in [-0.2, 0) is 16.0 Å². The average Bonchev–Trinajstić information content (AvgIpc) is 2.79. The van der Waals surface area contributed by atoms with Crippen LogP contribution in [0.5, 0.6) is 0 Å². The van der Waals surface area contributed by atoms with Gasteiger partial charge >= 0.3 is 5.97 Å². The van der Waals surface area contributed by atoms with Crippen LogP contribution < -0.4 is 0 Å². The van der Waals surface area contributed by atoms with E-state index in [0.717, 1.165) is 11.1 Å². The summed E-state index contributed by atoms with van der Waals surface area (Å²) in [5.41, 5.74) is 2.05. The minimum atomic E-state index is -0.964. The summed E-state index contributed by atoms with van der Waals surface area (Å²) in [6.45, 7) is 2.42. The second-order valence-corrected chi connectivity index (χ2v) is 5.62. The molecule has 1 aliphatic heterocycles. The smallest absolute Gasteiger partial charge is 0.326 e. The van der Waals surface area contributed by atoms with Crippen molar-refractivity contribution in [2.24, 2.45) is 5.92 Å². The van der Waals surface area contributed by atoms with Crippen LogP contribution in [0.15, 0.2) is 24.3 Å². The molecule has 4 nitrogen and oxygen atoms in total. The minimum Gasteiger partial charge on any atom is -0.480 e. The van der Waals surface area contributed by atoms with Crippen LogP contribution in [0.4, 0.5) is 0 Å². The van der Waals surface area contributed by atoms with E-state index in [1.165, 1.54) is 4.90 Å². The van der Waals surface area contributed by atoms with Crippen LogP contribution in [0.3, 0.4) is 0 Å². The number of nitrogens with zero attached hydrogens (tertiary/aromatic N) is 1. The van der Waals surface area contributed by atoms with Gasteiger partial charge in [-0.1, -0.05) is 29.8 Å². The number of carbonyl (C=O) groups excluding carboxylic acids is 1. The second-order valence-electron chi connectivity index (χ2n) is 5.31. The zero-order chi connectivity index (χ0) is 14.7. The van der Waals surface area contributed by atoms with E-state index in [9.17, 15) is 14.7 Å². The molecule has 1 unspecified atom stereocenters. The maximum Gasteiger partial charge on any atom is 0.326 e. The Balaban J connectivity index is 2.13. The molecule has 20 heavy (non-hydrogen) atoms. The topological polar surface area (TPSA) is 57.6 Å². The summed E-state index contributed by atoms with van der Waals surface area (Å²) in [5, 5.41) is 9.40. The maximum absolute atomic E-state index is 11.9. The molecule has 1 fully saturated rings. The molecule has 1 amide bonds. The van der Waals surface area contributed by atoms with Gasteiger partial charge in [0.15, 0.2) is 0 Å². The van der Waals surface area contributed by atoms with Crippen molar-refractivity contribution in [2.75, 3.05) is 12.4 Å². The quantitative estimate of drug-likeness (QED) is 0.846. The third kappa shape index (κ3) is 3.31. The number of hydrogen-bond acceptors (Lipinski definition) is 2. The van der Waals surface area contributed by atoms with E-state index in [1.807, 2.05) is 31.2 Å². The number of likely N-dealkylation sites (tertiary alicyclic amines) is 1. The highest BCUT2D eigenvalue weighted by molar-refractivity contribution is 6.18. The number of aryl methyl sites for hydroxylation is 1. The Labute approximate surface area is 123 Å². The molecule has 0 spiro atoms. The van der Waals surface area contributed by atoms with Crippen molar-refractivity contribution in [3.63, 3.8) is 0 Å². The summed E-state index contributed by atoms with van der Waals surface area (Å²) in [6, 6.07) is 6.90. The lowest BCUT2D eigenvalue weighted by Gasteiger charge is -2.24. The molecule has 0 saturated carbocycles. The number of halogens is 1. The van der Waals surface area contributed by atoms with Crippen LogP contribution in [0, 0.1) is 12.8 Å². The van der Waals surface area contributed by atoms with Crippen LogP contribution in [0.25, 0.3) is 0 Å². The molecular formula is C15H18ClNO3. The molecule has 1 saturated heterocycles. The van der Waals surface area contributed by atoms with Gasteiger partial charge in [-0.25, -0.2) is 4.79 Å². The lowest BCUT2D eigenvalue weighted by molar-refractivity contribution is -0.148. The number of carboxylic acids is 1. The largest absolute Gasteiger partial charge is 0.480 e. The zero-order valence-corrected chi connectivity index (χ0v) is 12.1. The summed E-state index contributed by atoms with van der Waals surface area (Å²) < 4.78 is 0. The highest BCUT2D eigenvalue weighted by atomic mass is 35.5. The van der Waals surface area contributed by atoms with Crippen LogP contribution in [0.2, 0.25) is 0 Å². The number of hydrogen-bond donors (Lipinski definition) is 1. The van der Waals surface area contributed by atoms with E-state index in [1.54, 1.807) is 0 Å². The first-order valence-electron chi connectivity index (χ1n) is 6.65. The van der Waals surface area contributed by atoms with E-state index in [-0.39, 0.29) is 11.8 Å². The Morgan fingerprint density at radius 3 is 2.60 bits per heavy atom. The monoisotopic (exact) mass is 295 g/mol. The van der Waals surface area contributed by atoms with Gasteiger partial charge in [0.2, 0.25) is 5.91 Å². The van der Waals surface area contributed by atoms with Crippen LogP contribution in [-0.4, -0.2) is 40.3 Å². The summed E-state index contributed by atoms with van der Waals surface area (Å²) in [7, 11) is 0. The minimum absolute atomic E-state index is 0.0593. The van der Waals surface area contributed by atoms with Gasteiger partial charge in [-0.2, -0.15) is 0 Å². The normalized spacial score (nSPS) is 20.2. The number of aliphatic carboxylic acids is 1. The van der Waals surface area contributed by atoms with Crippen molar-refractivity contribution in [1.82, 2.24) is 4.90 Å². The van der Waals surface area contributed by atoms with Crippen molar-refractivity contribution < 1.29 is 14.7 Å². The molecule has 5 heteroatoms. The van der Waals surface area contributed by atoms with E-state index in [2.05, 4.69) is 0 Å². The fourth-order valence-corrected chi connectivity index (χ4v) is 2.70. The number of carbonyl (C=O) groups is 2. The Morgan fingerprint density at radius 2 is 2.10 bits per heavy atom. The summed E-state index contributed by atoms with van der Waals surface area (Å²) >= 11 is 5.77. The highest BCUT2D eigenvalue weighted by Crippen LogP contribution is 2.23.